The van der Waals surface area contributed by atoms with E-state index in [4.69, 9.17) is 16.3 Å². The highest BCUT2D eigenvalue weighted by Gasteiger charge is 2.19. The van der Waals surface area contributed by atoms with E-state index in [-0.39, 0.29) is 16.1 Å². The molecule has 0 aliphatic heterocycles. The van der Waals surface area contributed by atoms with Crippen LogP contribution in [0.5, 0.6) is 5.75 Å². The van der Waals surface area contributed by atoms with E-state index in [1.165, 1.54) is 26.2 Å². The second kappa shape index (κ2) is 8.14. The van der Waals surface area contributed by atoms with Gasteiger partial charge in [-0.25, -0.2) is 22.7 Å². The first kappa shape index (κ1) is 21.3. The summed E-state index contributed by atoms with van der Waals surface area (Å²) in [5, 5.41) is 3.46. The molecule has 0 amide bonds. The Kier molecular flexibility index (Phi) is 5.97. The van der Waals surface area contributed by atoms with Crippen molar-refractivity contribution in [2.24, 2.45) is 0 Å². The lowest BCUT2D eigenvalue weighted by Crippen LogP contribution is -2.22. The number of rotatable bonds is 6. The van der Waals surface area contributed by atoms with Crippen LogP contribution in [-0.4, -0.2) is 43.9 Å². The van der Waals surface area contributed by atoms with Gasteiger partial charge in [0.2, 0.25) is 10.0 Å². The lowest BCUT2D eigenvalue weighted by atomic mass is 10.0. The molecule has 0 saturated heterocycles. The van der Waals surface area contributed by atoms with E-state index in [1.807, 2.05) is 32.0 Å². The number of sulfonamides is 1. The molecule has 1 atom stereocenters. The third-order valence-corrected chi connectivity index (χ3v) is 6.65. The van der Waals surface area contributed by atoms with Gasteiger partial charge in [-0.3, -0.25) is 0 Å². The lowest BCUT2D eigenvalue weighted by molar-refractivity contribution is 0.408. The number of hydrogen-bond donors (Lipinski definition) is 1. The number of nitrogens with zero attached hydrogens (tertiary/aromatic N) is 3. The first-order valence-electron chi connectivity index (χ1n) is 8.94. The highest BCUT2D eigenvalue weighted by atomic mass is 35.5. The van der Waals surface area contributed by atoms with Crippen LogP contribution in [0.1, 0.15) is 24.1 Å². The van der Waals surface area contributed by atoms with Gasteiger partial charge in [-0.05, 0) is 38.1 Å². The summed E-state index contributed by atoms with van der Waals surface area (Å²) in [4.78, 5) is 9.02. The zero-order chi connectivity index (χ0) is 21.3. The Balaban J connectivity index is 2.01. The Hall–Kier alpha value is -2.42. The molecule has 0 aliphatic carbocycles. The van der Waals surface area contributed by atoms with Crippen molar-refractivity contribution in [3.8, 4) is 5.75 Å². The maximum absolute atomic E-state index is 12.4. The number of aryl methyl sites for hydroxylation is 1. The number of fused-ring (bicyclic) bond motifs is 1. The molecule has 0 bridgehead atoms. The Bertz CT molecular complexity index is 1170. The molecule has 0 aliphatic rings. The fourth-order valence-corrected chi connectivity index (χ4v) is 4.06. The number of nitrogens with one attached hydrogen (secondary N) is 1. The minimum atomic E-state index is -3.58. The minimum Gasteiger partial charge on any atom is -0.496 e. The van der Waals surface area contributed by atoms with E-state index >= 15 is 0 Å². The van der Waals surface area contributed by atoms with Crippen molar-refractivity contribution in [3.05, 3.63) is 52.7 Å². The van der Waals surface area contributed by atoms with Gasteiger partial charge in [0.25, 0.3) is 0 Å². The average Bonchev–Trinajstić information content (AvgIpc) is 2.67. The van der Waals surface area contributed by atoms with Crippen molar-refractivity contribution >= 4 is 38.5 Å². The van der Waals surface area contributed by atoms with E-state index in [2.05, 4.69) is 15.3 Å². The van der Waals surface area contributed by atoms with E-state index in [9.17, 15) is 8.42 Å². The molecular weight excluding hydrogens is 412 g/mol. The van der Waals surface area contributed by atoms with Gasteiger partial charge in [0.05, 0.1) is 29.1 Å². The highest BCUT2D eigenvalue weighted by molar-refractivity contribution is 7.89. The molecule has 0 radical (unpaired) electrons. The number of benzene rings is 2. The Morgan fingerprint density at radius 1 is 1.10 bits per heavy atom. The van der Waals surface area contributed by atoms with Gasteiger partial charge in [0, 0.05) is 19.7 Å². The molecule has 1 heterocycles. The largest absolute Gasteiger partial charge is 0.496 e. The van der Waals surface area contributed by atoms with E-state index in [0.29, 0.717) is 16.9 Å². The van der Waals surface area contributed by atoms with Crippen molar-refractivity contribution in [1.82, 2.24) is 14.3 Å². The van der Waals surface area contributed by atoms with Gasteiger partial charge in [0.1, 0.15) is 5.75 Å². The molecule has 1 aromatic heterocycles. The first-order valence-corrected chi connectivity index (χ1v) is 10.8. The average molecular weight is 435 g/mol. The number of aromatic nitrogens is 2. The van der Waals surface area contributed by atoms with Crippen molar-refractivity contribution in [2.75, 3.05) is 26.5 Å². The third kappa shape index (κ3) is 4.29. The zero-order valence-electron chi connectivity index (χ0n) is 16.9. The van der Waals surface area contributed by atoms with Gasteiger partial charge < -0.3 is 10.1 Å². The van der Waals surface area contributed by atoms with Crippen LogP contribution in [0.25, 0.3) is 11.0 Å². The van der Waals surface area contributed by atoms with Crippen molar-refractivity contribution in [3.63, 3.8) is 0 Å². The molecule has 154 valence electrons. The van der Waals surface area contributed by atoms with Gasteiger partial charge in [0.15, 0.2) is 11.0 Å². The fourth-order valence-electron chi connectivity index (χ4n) is 2.95. The molecule has 0 saturated carbocycles. The molecule has 1 unspecified atom stereocenters. The first-order chi connectivity index (χ1) is 13.6. The molecule has 29 heavy (non-hydrogen) atoms. The van der Waals surface area contributed by atoms with E-state index in [0.717, 1.165) is 21.2 Å². The zero-order valence-corrected chi connectivity index (χ0v) is 18.5. The minimum absolute atomic E-state index is 0.144. The van der Waals surface area contributed by atoms with Gasteiger partial charge in [-0.15, -0.1) is 0 Å². The second-order valence-electron chi connectivity index (χ2n) is 6.91. The van der Waals surface area contributed by atoms with Crippen LogP contribution < -0.4 is 10.1 Å². The summed E-state index contributed by atoms with van der Waals surface area (Å²) in [5.74, 6) is 1.12. The maximum atomic E-state index is 12.4. The van der Waals surface area contributed by atoms with Crippen LogP contribution in [0.3, 0.4) is 0 Å². The summed E-state index contributed by atoms with van der Waals surface area (Å²) in [6, 6.07) is 10.3. The normalized spacial score (nSPS) is 12.9. The van der Waals surface area contributed by atoms with Crippen molar-refractivity contribution in [1.29, 1.82) is 0 Å². The molecule has 1 N–H and O–H groups in total. The summed E-state index contributed by atoms with van der Waals surface area (Å²) >= 11 is 6.33. The number of hydrogen-bond acceptors (Lipinski definition) is 6. The topological polar surface area (TPSA) is 84.4 Å². The van der Waals surface area contributed by atoms with Crippen LogP contribution in [-0.2, 0) is 10.0 Å². The van der Waals surface area contributed by atoms with Crippen LogP contribution in [0, 0.1) is 6.92 Å². The molecular formula is C20H23ClN4O3S. The maximum Gasteiger partial charge on any atom is 0.242 e. The van der Waals surface area contributed by atoms with Crippen LogP contribution in [0.2, 0.25) is 5.15 Å². The number of anilines is 1. The summed E-state index contributed by atoms with van der Waals surface area (Å²) in [5.41, 5.74) is 3.00. The monoisotopic (exact) mass is 434 g/mol. The van der Waals surface area contributed by atoms with Gasteiger partial charge in [-0.1, -0.05) is 29.3 Å². The van der Waals surface area contributed by atoms with Gasteiger partial charge >= 0.3 is 0 Å². The molecule has 0 spiro atoms. The Labute approximate surface area is 175 Å². The smallest absolute Gasteiger partial charge is 0.242 e. The second-order valence-corrected chi connectivity index (χ2v) is 9.42. The third-order valence-electron chi connectivity index (χ3n) is 4.58. The molecule has 9 heteroatoms. The predicted octanol–water partition coefficient (Wildman–Crippen LogP) is 4.02. The molecule has 3 rings (SSSR count). The quantitative estimate of drug-likeness (QED) is 0.630. The fraction of sp³-hybridized carbons (Fsp3) is 0.300. The Morgan fingerprint density at radius 3 is 2.48 bits per heavy atom. The van der Waals surface area contributed by atoms with Gasteiger partial charge in [-0.2, -0.15) is 0 Å². The summed E-state index contributed by atoms with van der Waals surface area (Å²) < 4.78 is 31.4. The highest BCUT2D eigenvalue weighted by Crippen LogP contribution is 2.31. The van der Waals surface area contributed by atoms with Crippen molar-refractivity contribution < 1.29 is 13.2 Å². The van der Waals surface area contributed by atoms with E-state index < -0.39 is 10.0 Å². The molecule has 0 fully saturated rings. The van der Waals surface area contributed by atoms with Crippen LogP contribution in [0.4, 0.5) is 5.82 Å². The number of ether oxygens (including phenoxy) is 1. The van der Waals surface area contributed by atoms with Crippen LogP contribution >= 0.6 is 11.6 Å². The molecule has 2 aromatic carbocycles. The molecule has 3 aromatic rings. The Morgan fingerprint density at radius 2 is 1.83 bits per heavy atom. The number of methoxy groups -OCH3 is 1. The van der Waals surface area contributed by atoms with Crippen molar-refractivity contribution in [2.45, 2.75) is 24.8 Å². The molecule has 7 nitrogen and oxygen atoms in total. The number of halogens is 1. The lowest BCUT2D eigenvalue weighted by Gasteiger charge is -2.19. The predicted molar refractivity (Wildman–Crippen MR) is 115 cm³/mol. The summed E-state index contributed by atoms with van der Waals surface area (Å²) in [7, 11) is 1.01. The SMILES string of the molecule is COc1ccc(C)cc1C(C)Nc1nc2cc(S(=O)(=O)N(C)C)ccc2nc1Cl. The summed E-state index contributed by atoms with van der Waals surface area (Å²) in [6.45, 7) is 3.97. The van der Waals surface area contributed by atoms with Crippen LogP contribution in [0.15, 0.2) is 41.3 Å². The van der Waals surface area contributed by atoms with E-state index in [1.54, 1.807) is 13.2 Å². The summed E-state index contributed by atoms with van der Waals surface area (Å²) in [6.07, 6.45) is 0. The standard InChI is InChI=1S/C20H23ClN4O3S/c1-12-6-9-18(28-5)15(10-12)13(2)22-20-19(21)23-16-8-7-14(11-17(16)24-20)29(26,27)25(3)4/h6-11,13H,1-5H3,(H,22,24).